The van der Waals surface area contributed by atoms with Crippen molar-refractivity contribution >= 4 is 0 Å². The Kier molecular flexibility index (Phi) is 4.43. The molecule has 1 saturated heterocycles. The summed E-state index contributed by atoms with van der Waals surface area (Å²) in [5.74, 6) is 3.54. The smallest absolute Gasteiger partial charge is 0.00118 e. The van der Waals surface area contributed by atoms with Gasteiger partial charge in [0.15, 0.2) is 0 Å². The van der Waals surface area contributed by atoms with Gasteiger partial charge in [-0.15, -0.1) is 0 Å². The predicted molar refractivity (Wildman–Crippen MR) is 63.4 cm³/mol. The molecule has 0 saturated carbocycles. The molecule has 1 aliphatic heterocycles. The van der Waals surface area contributed by atoms with Crippen LogP contribution in [0.2, 0.25) is 0 Å². The second-order valence-electron chi connectivity index (χ2n) is 5.72. The summed E-state index contributed by atoms with van der Waals surface area (Å²) in [5, 5.41) is 0. The molecule has 0 N–H and O–H groups in total. The van der Waals surface area contributed by atoms with Gasteiger partial charge in [0.2, 0.25) is 0 Å². The molecule has 1 aliphatic rings. The highest BCUT2D eigenvalue weighted by Gasteiger charge is 2.29. The number of likely N-dealkylation sites (tertiary alicyclic amines) is 1. The minimum Gasteiger partial charge on any atom is -0.306 e. The van der Waals surface area contributed by atoms with E-state index in [1.54, 1.807) is 0 Å². The first kappa shape index (κ1) is 12.0. The van der Waals surface area contributed by atoms with E-state index in [4.69, 9.17) is 0 Å². The molecule has 1 heterocycles. The van der Waals surface area contributed by atoms with Crippen LogP contribution in [0.25, 0.3) is 0 Å². The van der Waals surface area contributed by atoms with Crippen LogP contribution in [0, 0.1) is 23.7 Å². The molecule has 0 aromatic heterocycles. The van der Waals surface area contributed by atoms with Gasteiger partial charge in [0.1, 0.15) is 0 Å². The lowest BCUT2D eigenvalue weighted by Crippen LogP contribution is -2.32. The topological polar surface area (TPSA) is 3.24 Å². The fourth-order valence-electron chi connectivity index (χ4n) is 2.93. The first-order valence-electron chi connectivity index (χ1n) is 6.21. The van der Waals surface area contributed by atoms with Gasteiger partial charge in [-0.1, -0.05) is 27.7 Å². The van der Waals surface area contributed by atoms with Gasteiger partial charge in [0.25, 0.3) is 0 Å². The Labute approximate surface area is 89.9 Å². The predicted octanol–water partition coefficient (Wildman–Crippen LogP) is 3.26. The third-order valence-corrected chi connectivity index (χ3v) is 3.86. The van der Waals surface area contributed by atoms with E-state index < -0.39 is 0 Å². The summed E-state index contributed by atoms with van der Waals surface area (Å²) < 4.78 is 0. The Hall–Kier alpha value is -0.0400. The molecular formula is C13H27N. The van der Waals surface area contributed by atoms with Gasteiger partial charge in [-0.25, -0.2) is 0 Å². The fraction of sp³-hybridized carbons (Fsp3) is 1.00. The lowest BCUT2D eigenvalue weighted by molar-refractivity contribution is 0.165. The van der Waals surface area contributed by atoms with Crippen LogP contribution in [0.3, 0.4) is 0 Å². The number of hydrogen-bond acceptors (Lipinski definition) is 1. The highest BCUT2D eigenvalue weighted by molar-refractivity contribution is 4.80. The molecule has 0 bridgehead atoms. The van der Waals surface area contributed by atoms with Gasteiger partial charge in [0, 0.05) is 6.54 Å². The number of rotatable bonds is 2. The van der Waals surface area contributed by atoms with Crippen LogP contribution in [0.1, 0.15) is 40.5 Å². The standard InChI is InChI=1S/C13H27N/c1-10(2)12-7-6-8-14(5)9-13(12)11(3)4/h10-13H,6-9H2,1-5H3. The monoisotopic (exact) mass is 197 g/mol. The molecule has 1 heteroatoms. The van der Waals surface area contributed by atoms with Crippen LogP contribution >= 0.6 is 0 Å². The Bertz CT molecular complexity index is 163. The van der Waals surface area contributed by atoms with E-state index in [0.29, 0.717) is 0 Å². The van der Waals surface area contributed by atoms with Gasteiger partial charge in [-0.05, 0) is 50.1 Å². The molecule has 0 radical (unpaired) electrons. The zero-order chi connectivity index (χ0) is 10.7. The normalized spacial score (nSPS) is 31.1. The van der Waals surface area contributed by atoms with Gasteiger partial charge >= 0.3 is 0 Å². The van der Waals surface area contributed by atoms with Crippen molar-refractivity contribution in [1.82, 2.24) is 4.90 Å². The Balaban J connectivity index is 2.69. The highest BCUT2D eigenvalue weighted by Crippen LogP contribution is 2.33. The Morgan fingerprint density at radius 3 is 2.07 bits per heavy atom. The van der Waals surface area contributed by atoms with Crippen LogP contribution in [0.5, 0.6) is 0 Å². The summed E-state index contributed by atoms with van der Waals surface area (Å²) in [6.07, 6.45) is 2.83. The summed E-state index contributed by atoms with van der Waals surface area (Å²) in [4.78, 5) is 2.52. The van der Waals surface area contributed by atoms with Crippen molar-refractivity contribution in [3.8, 4) is 0 Å². The number of hydrogen-bond donors (Lipinski definition) is 0. The van der Waals surface area contributed by atoms with E-state index in [2.05, 4.69) is 39.6 Å². The largest absolute Gasteiger partial charge is 0.306 e. The van der Waals surface area contributed by atoms with Crippen molar-refractivity contribution in [1.29, 1.82) is 0 Å². The fourth-order valence-corrected chi connectivity index (χ4v) is 2.93. The van der Waals surface area contributed by atoms with E-state index in [-0.39, 0.29) is 0 Å². The maximum Gasteiger partial charge on any atom is 0.00118 e. The van der Waals surface area contributed by atoms with Crippen LogP contribution in [-0.4, -0.2) is 25.0 Å². The van der Waals surface area contributed by atoms with Crippen molar-refractivity contribution in [3.63, 3.8) is 0 Å². The maximum atomic E-state index is 2.52. The van der Waals surface area contributed by atoms with Gasteiger partial charge in [-0.2, -0.15) is 0 Å². The van der Waals surface area contributed by atoms with E-state index in [0.717, 1.165) is 23.7 Å². The van der Waals surface area contributed by atoms with E-state index >= 15 is 0 Å². The van der Waals surface area contributed by atoms with Crippen molar-refractivity contribution in [3.05, 3.63) is 0 Å². The van der Waals surface area contributed by atoms with Gasteiger partial charge < -0.3 is 4.90 Å². The molecular weight excluding hydrogens is 170 g/mol. The Morgan fingerprint density at radius 1 is 1.00 bits per heavy atom. The molecule has 0 spiro atoms. The second-order valence-corrected chi connectivity index (χ2v) is 5.72. The lowest BCUT2D eigenvalue weighted by Gasteiger charge is -2.32. The van der Waals surface area contributed by atoms with Crippen LogP contribution in [-0.2, 0) is 0 Å². The zero-order valence-corrected chi connectivity index (χ0v) is 10.6. The van der Waals surface area contributed by atoms with Crippen molar-refractivity contribution in [2.75, 3.05) is 20.1 Å². The lowest BCUT2D eigenvalue weighted by atomic mass is 9.75. The average molecular weight is 197 g/mol. The SMILES string of the molecule is CC(C)C1CCCN(C)CC1C(C)C. The molecule has 14 heavy (non-hydrogen) atoms. The molecule has 0 amide bonds. The highest BCUT2D eigenvalue weighted by atomic mass is 15.1. The molecule has 0 aromatic carbocycles. The first-order chi connectivity index (χ1) is 6.52. The summed E-state index contributed by atoms with van der Waals surface area (Å²) >= 11 is 0. The van der Waals surface area contributed by atoms with Crippen molar-refractivity contribution in [2.24, 2.45) is 23.7 Å². The second kappa shape index (κ2) is 5.16. The van der Waals surface area contributed by atoms with E-state index in [1.165, 1.54) is 25.9 Å². The van der Waals surface area contributed by atoms with E-state index in [1.807, 2.05) is 0 Å². The van der Waals surface area contributed by atoms with Gasteiger partial charge in [0.05, 0.1) is 0 Å². The quantitative estimate of drug-likeness (QED) is 0.657. The summed E-state index contributed by atoms with van der Waals surface area (Å²) in [6, 6.07) is 0. The molecule has 2 unspecified atom stereocenters. The van der Waals surface area contributed by atoms with Crippen molar-refractivity contribution in [2.45, 2.75) is 40.5 Å². The van der Waals surface area contributed by atoms with Gasteiger partial charge in [-0.3, -0.25) is 0 Å². The van der Waals surface area contributed by atoms with Crippen LogP contribution < -0.4 is 0 Å². The molecule has 1 rings (SSSR count). The molecule has 0 aliphatic carbocycles. The van der Waals surface area contributed by atoms with E-state index in [9.17, 15) is 0 Å². The minimum atomic E-state index is 0.836. The third kappa shape index (κ3) is 2.98. The summed E-state index contributed by atoms with van der Waals surface area (Å²) in [7, 11) is 2.28. The Morgan fingerprint density at radius 2 is 1.57 bits per heavy atom. The number of nitrogens with zero attached hydrogens (tertiary/aromatic N) is 1. The summed E-state index contributed by atoms with van der Waals surface area (Å²) in [6.45, 7) is 12.2. The van der Waals surface area contributed by atoms with Crippen LogP contribution in [0.4, 0.5) is 0 Å². The first-order valence-corrected chi connectivity index (χ1v) is 6.21. The summed E-state index contributed by atoms with van der Waals surface area (Å²) in [5.41, 5.74) is 0. The molecule has 0 aromatic rings. The van der Waals surface area contributed by atoms with Crippen LogP contribution in [0.15, 0.2) is 0 Å². The minimum absolute atomic E-state index is 0.836. The zero-order valence-electron chi connectivity index (χ0n) is 10.6. The maximum absolute atomic E-state index is 2.52. The molecule has 84 valence electrons. The molecule has 1 nitrogen and oxygen atoms in total. The third-order valence-electron chi connectivity index (χ3n) is 3.86. The van der Waals surface area contributed by atoms with Crippen molar-refractivity contribution < 1.29 is 0 Å². The molecule has 2 atom stereocenters. The average Bonchev–Trinajstić information content (AvgIpc) is 2.26. The molecule has 1 fully saturated rings.